The van der Waals surface area contributed by atoms with Gasteiger partial charge in [-0.1, -0.05) is 6.07 Å². The fourth-order valence-electron chi connectivity index (χ4n) is 1.83. The molecular weight excluding hydrogens is 236 g/mol. The van der Waals surface area contributed by atoms with Crippen LogP contribution in [0.5, 0.6) is 0 Å². The fraction of sp³-hybridized carbons (Fsp3) is 0.250. The number of imidazole rings is 1. The van der Waals surface area contributed by atoms with Crippen molar-refractivity contribution in [2.75, 3.05) is 0 Å². The van der Waals surface area contributed by atoms with E-state index in [9.17, 15) is 9.59 Å². The third kappa shape index (κ3) is 2.32. The van der Waals surface area contributed by atoms with Gasteiger partial charge in [0.25, 0.3) is 0 Å². The standard InChI is InChI=1S/C12H12N2O4/c15-10(16)6-3-5-9-13-11(12(17)18)8-4-1-2-7-14(8)9/h1-2,4,7H,3,5-6H2,(H,15,16)(H,17,18). The van der Waals surface area contributed by atoms with Crippen LogP contribution in [0, 0.1) is 0 Å². The van der Waals surface area contributed by atoms with Crippen LogP contribution in [0.4, 0.5) is 0 Å². The molecule has 0 atom stereocenters. The summed E-state index contributed by atoms with van der Waals surface area (Å²) < 4.78 is 1.69. The second kappa shape index (κ2) is 4.87. The summed E-state index contributed by atoms with van der Waals surface area (Å²) in [6.07, 6.45) is 2.64. The lowest BCUT2D eigenvalue weighted by Crippen LogP contribution is -1.99. The fourth-order valence-corrected chi connectivity index (χ4v) is 1.83. The number of hydrogen-bond acceptors (Lipinski definition) is 3. The highest BCUT2D eigenvalue weighted by Gasteiger charge is 2.15. The molecule has 18 heavy (non-hydrogen) atoms. The van der Waals surface area contributed by atoms with Crippen molar-refractivity contribution in [2.24, 2.45) is 0 Å². The zero-order valence-electron chi connectivity index (χ0n) is 9.54. The summed E-state index contributed by atoms with van der Waals surface area (Å²) in [7, 11) is 0. The quantitative estimate of drug-likeness (QED) is 0.835. The second-order valence-corrected chi connectivity index (χ2v) is 3.88. The van der Waals surface area contributed by atoms with Gasteiger partial charge in [0, 0.05) is 19.0 Å². The molecule has 2 rings (SSSR count). The Labute approximate surface area is 103 Å². The van der Waals surface area contributed by atoms with Crippen LogP contribution in [-0.4, -0.2) is 31.5 Å². The summed E-state index contributed by atoms with van der Waals surface area (Å²) >= 11 is 0. The average Bonchev–Trinajstić information content (AvgIpc) is 2.68. The number of carboxylic acid groups (broad SMARTS) is 2. The highest BCUT2D eigenvalue weighted by atomic mass is 16.4. The number of aliphatic carboxylic acids is 1. The second-order valence-electron chi connectivity index (χ2n) is 3.88. The number of aromatic carboxylic acids is 1. The number of carboxylic acids is 2. The minimum atomic E-state index is -1.08. The highest BCUT2D eigenvalue weighted by molar-refractivity contribution is 5.93. The van der Waals surface area contributed by atoms with Gasteiger partial charge in [-0.15, -0.1) is 0 Å². The van der Waals surface area contributed by atoms with Crippen LogP contribution in [0.3, 0.4) is 0 Å². The Kier molecular flexibility index (Phi) is 3.27. The number of hydrogen-bond donors (Lipinski definition) is 2. The van der Waals surface area contributed by atoms with E-state index in [0.29, 0.717) is 24.2 Å². The molecular formula is C12H12N2O4. The van der Waals surface area contributed by atoms with Crippen LogP contribution in [0.25, 0.3) is 5.52 Å². The van der Waals surface area contributed by atoms with Crippen molar-refractivity contribution in [2.45, 2.75) is 19.3 Å². The van der Waals surface area contributed by atoms with Crippen LogP contribution in [-0.2, 0) is 11.2 Å². The smallest absolute Gasteiger partial charge is 0.356 e. The maximum atomic E-state index is 11.0. The van der Waals surface area contributed by atoms with Crippen LogP contribution in [0.15, 0.2) is 24.4 Å². The number of aryl methyl sites for hydroxylation is 1. The first-order valence-electron chi connectivity index (χ1n) is 5.50. The van der Waals surface area contributed by atoms with E-state index >= 15 is 0 Å². The molecule has 0 saturated carbocycles. The van der Waals surface area contributed by atoms with Crippen LogP contribution < -0.4 is 0 Å². The van der Waals surface area contributed by atoms with Gasteiger partial charge in [-0.05, 0) is 18.6 Å². The van der Waals surface area contributed by atoms with Gasteiger partial charge in [0.2, 0.25) is 0 Å². The number of rotatable bonds is 5. The lowest BCUT2D eigenvalue weighted by Gasteiger charge is -1.99. The Morgan fingerprint density at radius 2 is 2.06 bits per heavy atom. The molecule has 0 amide bonds. The molecule has 0 unspecified atom stereocenters. The van der Waals surface area contributed by atoms with E-state index in [4.69, 9.17) is 10.2 Å². The minimum absolute atomic E-state index is 0.000856. The summed E-state index contributed by atoms with van der Waals surface area (Å²) in [5.74, 6) is -1.37. The summed E-state index contributed by atoms with van der Waals surface area (Å²) in [6.45, 7) is 0. The van der Waals surface area contributed by atoms with E-state index in [1.54, 1.807) is 28.8 Å². The van der Waals surface area contributed by atoms with Crippen LogP contribution in [0.1, 0.15) is 29.2 Å². The topological polar surface area (TPSA) is 91.9 Å². The SMILES string of the molecule is O=C(O)CCCc1nc(C(=O)O)c2ccccn12. The van der Waals surface area contributed by atoms with Crippen molar-refractivity contribution in [3.05, 3.63) is 35.9 Å². The van der Waals surface area contributed by atoms with Gasteiger partial charge in [0.05, 0.1) is 5.52 Å². The predicted octanol–water partition coefficient (Wildman–Crippen LogP) is 1.44. The number of carbonyl (C=O) groups is 2. The molecule has 2 aromatic heterocycles. The van der Waals surface area contributed by atoms with E-state index in [-0.39, 0.29) is 12.1 Å². The molecule has 0 aliphatic rings. The molecule has 0 fully saturated rings. The molecule has 2 N–H and O–H groups in total. The first-order chi connectivity index (χ1) is 8.59. The molecule has 0 aliphatic carbocycles. The van der Waals surface area contributed by atoms with Gasteiger partial charge in [0.1, 0.15) is 5.82 Å². The Morgan fingerprint density at radius 1 is 1.28 bits per heavy atom. The van der Waals surface area contributed by atoms with E-state index in [1.807, 2.05) is 0 Å². The van der Waals surface area contributed by atoms with Gasteiger partial charge in [-0.25, -0.2) is 9.78 Å². The average molecular weight is 248 g/mol. The van der Waals surface area contributed by atoms with Crippen molar-refractivity contribution in [1.29, 1.82) is 0 Å². The zero-order chi connectivity index (χ0) is 13.1. The molecule has 6 heteroatoms. The number of aromatic nitrogens is 2. The number of nitrogens with zero attached hydrogens (tertiary/aromatic N) is 2. The van der Waals surface area contributed by atoms with Gasteiger partial charge < -0.3 is 14.6 Å². The van der Waals surface area contributed by atoms with E-state index in [1.165, 1.54) is 0 Å². The minimum Gasteiger partial charge on any atom is -0.481 e. The third-order valence-electron chi connectivity index (χ3n) is 2.62. The van der Waals surface area contributed by atoms with Crippen molar-refractivity contribution in [3.8, 4) is 0 Å². The van der Waals surface area contributed by atoms with E-state index in [2.05, 4.69) is 4.98 Å². The summed E-state index contributed by atoms with van der Waals surface area (Å²) in [5.41, 5.74) is 0.524. The Morgan fingerprint density at radius 3 is 2.72 bits per heavy atom. The van der Waals surface area contributed by atoms with Crippen molar-refractivity contribution in [1.82, 2.24) is 9.38 Å². The largest absolute Gasteiger partial charge is 0.481 e. The normalized spacial score (nSPS) is 10.7. The maximum Gasteiger partial charge on any atom is 0.356 e. The molecule has 0 radical (unpaired) electrons. The molecule has 0 bridgehead atoms. The predicted molar refractivity (Wildman–Crippen MR) is 62.7 cm³/mol. The lowest BCUT2D eigenvalue weighted by molar-refractivity contribution is -0.137. The molecule has 2 aromatic rings. The molecule has 0 saturated heterocycles. The highest BCUT2D eigenvalue weighted by Crippen LogP contribution is 2.14. The monoisotopic (exact) mass is 248 g/mol. The van der Waals surface area contributed by atoms with Crippen molar-refractivity contribution in [3.63, 3.8) is 0 Å². The molecule has 6 nitrogen and oxygen atoms in total. The Bertz CT molecular complexity index is 603. The van der Waals surface area contributed by atoms with E-state index in [0.717, 1.165) is 0 Å². The molecule has 0 spiro atoms. The summed E-state index contributed by atoms with van der Waals surface area (Å²) in [5, 5.41) is 17.6. The zero-order valence-corrected chi connectivity index (χ0v) is 9.54. The van der Waals surface area contributed by atoms with Crippen LogP contribution >= 0.6 is 0 Å². The van der Waals surface area contributed by atoms with E-state index < -0.39 is 11.9 Å². The molecule has 2 heterocycles. The number of fused-ring (bicyclic) bond motifs is 1. The first kappa shape index (κ1) is 12.1. The first-order valence-corrected chi connectivity index (χ1v) is 5.50. The Balaban J connectivity index is 2.33. The van der Waals surface area contributed by atoms with Gasteiger partial charge >= 0.3 is 11.9 Å². The van der Waals surface area contributed by atoms with Gasteiger partial charge in [-0.3, -0.25) is 4.79 Å². The summed E-state index contributed by atoms with van der Waals surface area (Å²) in [4.78, 5) is 25.5. The number of pyridine rings is 1. The van der Waals surface area contributed by atoms with Gasteiger partial charge in [-0.2, -0.15) is 0 Å². The van der Waals surface area contributed by atoms with Crippen molar-refractivity contribution >= 4 is 17.5 Å². The molecule has 0 aromatic carbocycles. The third-order valence-corrected chi connectivity index (χ3v) is 2.62. The van der Waals surface area contributed by atoms with Crippen molar-refractivity contribution < 1.29 is 19.8 Å². The van der Waals surface area contributed by atoms with Gasteiger partial charge in [0.15, 0.2) is 5.69 Å². The lowest BCUT2D eigenvalue weighted by atomic mass is 10.2. The molecule has 94 valence electrons. The molecule has 0 aliphatic heterocycles. The maximum absolute atomic E-state index is 11.0. The Hall–Kier alpha value is -2.37. The summed E-state index contributed by atoms with van der Waals surface area (Å²) in [6, 6.07) is 5.20. The van der Waals surface area contributed by atoms with Crippen LogP contribution in [0.2, 0.25) is 0 Å².